The first kappa shape index (κ1) is 14.4. The van der Waals surface area contributed by atoms with Gasteiger partial charge in [0.05, 0.1) is 6.04 Å². The minimum absolute atomic E-state index is 0.275. The van der Waals surface area contributed by atoms with E-state index in [4.69, 9.17) is 0 Å². The van der Waals surface area contributed by atoms with E-state index in [1.165, 1.54) is 12.1 Å². The van der Waals surface area contributed by atoms with Crippen LogP contribution in [0.2, 0.25) is 0 Å². The maximum Gasteiger partial charge on any atom is 0.223 e. The van der Waals surface area contributed by atoms with E-state index < -0.39 is 11.6 Å². The van der Waals surface area contributed by atoms with Crippen LogP contribution in [0, 0.1) is 18.6 Å². The van der Waals surface area contributed by atoms with Crippen molar-refractivity contribution in [2.75, 3.05) is 5.32 Å². The Hall–Kier alpha value is -2.04. The van der Waals surface area contributed by atoms with Crippen molar-refractivity contribution in [1.29, 1.82) is 0 Å². The van der Waals surface area contributed by atoms with E-state index in [1.54, 1.807) is 12.4 Å². The fourth-order valence-electron chi connectivity index (χ4n) is 2.00. The van der Waals surface area contributed by atoms with E-state index in [-0.39, 0.29) is 6.04 Å². The molecular weight excluding hydrogens is 260 g/mol. The number of hydrogen-bond acceptors (Lipinski definition) is 3. The molecule has 106 valence electrons. The number of aryl methyl sites for hydroxylation is 1. The van der Waals surface area contributed by atoms with E-state index in [0.29, 0.717) is 17.9 Å². The largest absolute Gasteiger partial charge is 0.347 e. The van der Waals surface area contributed by atoms with Gasteiger partial charge in [-0.2, -0.15) is 0 Å². The lowest BCUT2D eigenvalue weighted by molar-refractivity contribution is 0.551. The van der Waals surface area contributed by atoms with Crippen LogP contribution in [0.25, 0.3) is 0 Å². The molecule has 5 heteroatoms. The van der Waals surface area contributed by atoms with Gasteiger partial charge in [-0.1, -0.05) is 19.4 Å². The monoisotopic (exact) mass is 277 g/mol. The van der Waals surface area contributed by atoms with Crippen LogP contribution in [0.5, 0.6) is 0 Å². The van der Waals surface area contributed by atoms with Crippen LogP contribution >= 0.6 is 0 Å². The van der Waals surface area contributed by atoms with Crippen LogP contribution in [0.15, 0.2) is 30.6 Å². The number of anilines is 1. The summed E-state index contributed by atoms with van der Waals surface area (Å²) >= 11 is 0. The predicted octanol–water partition coefficient (Wildman–Crippen LogP) is 4.02. The van der Waals surface area contributed by atoms with Gasteiger partial charge in [-0.15, -0.1) is 0 Å². The lowest BCUT2D eigenvalue weighted by atomic mass is 10.0. The van der Waals surface area contributed by atoms with Gasteiger partial charge in [0.2, 0.25) is 5.95 Å². The molecular formula is C15H17F2N3. The van der Waals surface area contributed by atoms with E-state index in [2.05, 4.69) is 15.3 Å². The molecule has 2 aromatic rings. The topological polar surface area (TPSA) is 37.8 Å². The lowest BCUT2D eigenvalue weighted by Gasteiger charge is -2.19. The quantitative estimate of drug-likeness (QED) is 0.897. The van der Waals surface area contributed by atoms with Crippen molar-refractivity contribution in [3.8, 4) is 0 Å². The van der Waals surface area contributed by atoms with Gasteiger partial charge in [0.1, 0.15) is 11.6 Å². The molecule has 0 radical (unpaired) electrons. The number of nitrogens with one attached hydrogen (secondary N) is 1. The average Bonchev–Trinajstić information content (AvgIpc) is 2.41. The Labute approximate surface area is 117 Å². The molecule has 3 nitrogen and oxygen atoms in total. The Morgan fingerprint density at radius 2 is 1.90 bits per heavy atom. The first-order valence-electron chi connectivity index (χ1n) is 6.60. The van der Waals surface area contributed by atoms with Gasteiger partial charge in [0.15, 0.2) is 0 Å². The molecule has 20 heavy (non-hydrogen) atoms. The second kappa shape index (κ2) is 6.41. The Morgan fingerprint density at radius 3 is 2.50 bits per heavy atom. The zero-order valence-electron chi connectivity index (χ0n) is 11.5. The zero-order chi connectivity index (χ0) is 14.5. The summed E-state index contributed by atoms with van der Waals surface area (Å²) in [5.41, 5.74) is 1.38. The normalized spacial score (nSPS) is 12.2. The molecule has 0 aliphatic carbocycles. The lowest BCUT2D eigenvalue weighted by Crippen LogP contribution is -2.14. The van der Waals surface area contributed by atoms with Gasteiger partial charge in [0.25, 0.3) is 0 Å². The molecule has 0 saturated carbocycles. The van der Waals surface area contributed by atoms with Crippen molar-refractivity contribution in [3.05, 3.63) is 53.4 Å². The fraction of sp³-hybridized carbons (Fsp3) is 0.333. The molecule has 1 unspecified atom stereocenters. The molecule has 2 rings (SSSR count). The van der Waals surface area contributed by atoms with Gasteiger partial charge in [-0.3, -0.25) is 0 Å². The summed E-state index contributed by atoms with van der Waals surface area (Å²) in [6, 6.07) is 3.35. The number of rotatable bonds is 5. The number of benzene rings is 1. The fourth-order valence-corrected chi connectivity index (χ4v) is 2.00. The number of hydrogen-bond donors (Lipinski definition) is 1. The minimum Gasteiger partial charge on any atom is -0.347 e. The summed E-state index contributed by atoms with van der Waals surface area (Å²) in [5.74, 6) is -0.686. The number of aromatic nitrogens is 2. The van der Waals surface area contributed by atoms with Crippen LogP contribution in [0.4, 0.5) is 14.7 Å². The molecule has 0 bridgehead atoms. The van der Waals surface area contributed by atoms with Crippen LogP contribution in [0.1, 0.15) is 36.9 Å². The zero-order valence-corrected chi connectivity index (χ0v) is 11.5. The van der Waals surface area contributed by atoms with Crippen molar-refractivity contribution < 1.29 is 8.78 Å². The van der Waals surface area contributed by atoms with Gasteiger partial charge in [-0.25, -0.2) is 18.7 Å². The molecule has 1 heterocycles. The summed E-state index contributed by atoms with van der Waals surface area (Å²) in [7, 11) is 0. The average molecular weight is 277 g/mol. The highest BCUT2D eigenvalue weighted by Crippen LogP contribution is 2.25. The van der Waals surface area contributed by atoms with Crippen LogP contribution < -0.4 is 5.32 Å². The maximum absolute atomic E-state index is 13.9. The SMILES string of the molecule is CCCC(Nc1ncc(C)cn1)c1ccc(F)cc1F. The number of halogens is 2. The van der Waals surface area contributed by atoms with Crippen LogP contribution in [-0.4, -0.2) is 9.97 Å². The van der Waals surface area contributed by atoms with Gasteiger partial charge in [0, 0.05) is 24.0 Å². The van der Waals surface area contributed by atoms with E-state index in [1.807, 2.05) is 13.8 Å². The van der Waals surface area contributed by atoms with Crippen LogP contribution in [-0.2, 0) is 0 Å². The van der Waals surface area contributed by atoms with Gasteiger partial charge >= 0.3 is 0 Å². The molecule has 0 amide bonds. The summed E-state index contributed by atoms with van der Waals surface area (Å²) in [4.78, 5) is 8.31. The molecule has 0 aliphatic heterocycles. The summed E-state index contributed by atoms with van der Waals surface area (Å²) in [6.07, 6.45) is 4.96. The highest BCUT2D eigenvalue weighted by molar-refractivity contribution is 5.33. The number of nitrogens with zero attached hydrogens (tertiary/aromatic N) is 2. The van der Waals surface area contributed by atoms with Gasteiger partial charge in [-0.05, 0) is 25.0 Å². The molecule has 1 aromatic carbocycles. The second-order valence-corrected chi connectivity index (χ2v) is 4.74. The minimum atomic E-state index is -0.576. The maximum atomic E-state index is 13.9. The van der Waals surface area contributed by atoms with Crippen molar-refractivity contribution in [2.45, 2.75) is 32.7 Å². The Bertz CT molecular complexity index is 570. The Balaban J connectivity index is 2.24. The van der Waals surface area contributed by atoms with Crippen molar-refractivity contribution in [2.24, 2.45) is 0 Å². The van der Waals surface area contributed by atoms with Crippen molar-refractivity contribution in [1.82, 2.24) is 9.97 Å². The molecule has 1 aromatic heterocycles. The standard InChI is InChI=1S/C15H17F2N3/c1-3-4-14(12-6-5-11(16)7-13(12)17)20-15-18-8-10(2)9-19-15/h5-9,14H,3-4H2,1-2H3,(H,18,19,20). The Kier molecular flexibility index (Phi) is 4.61. The molecule has 0 fully saturated rings. The third kappa shape index (κ3) is 3.50. The third-order valence-corrected chi connectivity index (χ3v) is 3.00. The summed E-state index contributed by atoms with van der Waals surface area (Å²) in [6.45, 7) is 3.90. The molecule has 1 atom stereocenters. The summed E-state index contributed by atoms with van der Waals surface area (Å²) in [5, 5.41) is 3.10. The molecule has 0 saturated heterocycles. The summed E-state index contributed by atoms with van der Waals surface area (Å²) < 4.78 is 26.9. The first-order chi connectivity index (χ1) is 9.60. The molecule has 0 spiro atoms. The molecule has 1 N–H and O–H groups in total. The highest BCUT2D eigenvalue weighted by atomic mass is 19.1. The van der Waals surface area contributed by atoms with E-state index in [9.17, 15) is 8.78 Å². The predicted molar refractivity (Wildman–Crippen MR) is 74.4 cm³/mol. The second-order valence-electron chi connectivity index (χ2n) is 4.74. The smallest absolute Gasteiger partial charge is 0.223 e. The van der Waals surface area contributed by atoms with Gasteiger partial charge < -0.3 is 5.32 Å². The molecule has 0 aliphatic rings. The van der Waals surface area contributed by atoms with E-state index >= 15 is 0 Å². The van der Waals surface area contributed by atoms with E-state index in [0.717, 1.165) is 18.1 Å². The highest BCUT2D eigenvalue weighted by Gasteiger charge is 2.16. The van der Waals surface area contributed by atoms with Crippen molar-refractivity contribution in [3.63, 3.8) is 0 Å². The van der Waals surface area contributed by atoms with Crippen LogP contribution in [0.3, 0.4) is 0 Å². The van der Waals surface area contributed by atoms with Crippen molar-refractivity contribution >= 4 is 5.95 Å². The first-order valence-corrected chi connectivity index (χ1v) is 6.60. The third-order valence-electron chi connectivity index (χ3n) is 3.00. The Morgan fingerprint density at radius 1 is 1.20 bits per heavy atom.